The van der Waals surface area contributed by atoms with Crippen LogP contribution < -0.4 is 0 Å². The highest BCUT2D eigenvalue weighted by atomic mass is 16.6. The van der Waals surface area contributed by atoms with Crippen molar-refractivity contribution < 1.29 is 14.3 Å². The minimum atomic E-state index is -0.179. The molecule has 0 bridgehead atoms. The number of unbranched alkanes of at least 4 members (excludes halogenated alkanes) is 28. The van der Waals surface area contributed by atoms with E-state index in [0.717, 1.165) is 37.8 Å². The molecule has 4 nitrogen and oxygen atoms in total. The summed E-state index contributed by atoms with van der Waals surface area (Å²) >= 11 is 0. The molecule has 0 unspecified atom stereocenters. The van der Waals surface area contributed by atoms with Crippen molar-refractivity contribution in [3.05, 3.63) is 0 Å². The van der Waals surface area contributed by atoms with Crippen LogP contribution in [-0.4, -0.2) is 36.7 Å². The molecule has 0 spiro atoms. The summed E-state index contributed by atoms with van der Waals surface area (Å²) in [4.78, 5) is 6.28. The maximum absolute atomic E-state index is 6.28. The van der Waals surface area contributed by atoms with Crippen LogP contribution in [0.15, 0.2) is 5.16 Å². The predicted octanol–water partition coefficient (Wildman–Crippen LogP) is 16.7. The molecule has 0 radical (unpaired) electrons. The Morgan fingerprint density at radius 2 is 0.788 bits per heavy atom. The Labute approximate surface area is 328 Å². The van der Waals surface area contributed by atoms with Crippen LogP contribution in [-0.2, 0) is 14.3 Å². The second-order valence-corrected chi connectivity index (χ2v) is 17.9. The van der Waals surface area contributed by atoms with Crippen LogP contribution in [0.3, 0.4) is 0 Å². The van der Waals surface area contributed by atoms with Gasteiger partial charge in [0.15, 0.2) is 0 Å². The summed E-state index contributed by atoms with van der Waals surface area (Å²) in [7, 11) is 1.78. The largest absolute Gasteiger partial charge is 0.393 e. The minimum absolute atomic E-state index is 0.143. The fourth-order valence-corrected chi connectivity index (χ4v) is 7.18. The molecule has 312 valence electrons. The Morgan fingerprint density at radius 3 is 1.12 bits per heavy atom. The van der Waals surface area contributed by atoms with E-state index < -0.39 is 0 Å². The highest BCUT2D eigenvalue weighted by molar-refractivity contribution is 5.81. The lowest BCUT2D eigenvalue weighted by Gasteiger charge is -2.29. The van der Waals surface area contributed by atoms with Gasteiger partial charge < -0.3 is 14.3 Å². The zero-order valence-electron chi connectivity index (χ0n) is 37.2. The van der Waals surface area contributed by atoms with Crippen molar-refractivity contribution >= 4 is 5.71 Å². The van der Waals surface area contributed by atoms with Gasteiger partial charge in [0, 0.05) is 7.11 Å². The molecule has 0 aliphatic carbocycles. The van der Waals surface area contributed by atoms with E-state index in [1.54, 1.807) is 7.11 Å². The average Bonchev–Trinajstić information content (AvgIpc) is 3.12. The molecule has 0 aliphatic rings. The molecule has 0 amide bonds. The van der Waals surface area contributed by atoms with E-state index in [1.807, 2.05) is 0 Å². The zero-order chi connectivity index (χ0) is 38.4. The van der Waals surface area contributed by atoms with E-state index in [0.29, 0.717) is 6.61 Å². The summed E-state index contributed by atoms with van der Waals surface area (Å²) < 4.78 is 11.8. The van der Waals surface area contributed by atoms with Gasteiger partial charge in [-0.3, -0.25) is 0 Å². The molecule has 0 saturated carbocycles. The first-order valence-electron chi connectivity index (χ1n) is 23.5. The number of nitrogens with zero attached hydrogens (tertiary/aromatic N) is 1. The van der Waals surface area contributed by atoms with Gasteiger partial charge in [0.25, 0.3) is 0 Å². The van der Waals surface area contributed by atoms with Gasteiger partial charge in [-0.25, -0.2) is 0 Å². The maximum atomic E-state index is 6.28. The Balaban J connectivity index is 4.35. The summed E-state index contributed by atoms with van der Waals surface area (Å²) in [5.74, 6) is 0. The molecule has 0 aromatic rings. The second-order valence-electron chi connectivity index (χ2n) is 17.9. The molecular weight excluding hydrogens is 639 g/mol. The summed E-state index contributed by atoms with van der Waals surface area (Å²) in [5, 5.41) is 4.68. The molecule has 0 atom stereocenters. The first-order valence-corrected chi connectivity index (χ1v) is 23.5. The third-order valence-electron chi connectivity index (χ3n) is 11.5. The molecule has 0 aromatic heterocycles. The monoisotopic (exact) mass is 736 g/mol. The Hall–Kier alpha value is -0.610. The molecular formula is C48H97NO3. The minimum Gasteiger partial charge on any atom is -0.393 e. The highest BCUT2D eigenvalue weighted by Crippen LogP contribution is 2.22. The van der Waals surface area contributed by atoms with Crippen molar-refractivity contribution in [3.63, 3.8) is 0 Å². The third-order valence-corrected chi connectivity index (χ3v) is 11.5. The van der Waals surface area contributed by atoms with Gasteiger partial charge in [-0.1, -0.05) is 199 Å². The summed E-state index contributed by atoms with van der Waals surface area (Å²) in [5.41, 5.74) is 0.768. The number of hydrogen-bond acceptors (Lipinski definition) is 4. The Bertz CT molecular complexity index is 714. The number of rotatable bonds is 42. The van der Waals surface area contributed by atoms with Crippen LogP contribution in [0.2, 0.25) is 0 Å². The standard InChI is InChI=1S/C48H97NO3/c1-9-11-13-15-17-19-21-23-25-27-29-31-33-35-37-39-46(40-38-36-34-32-30-28-26-24-22-20-18-16-14-12-10-2)52-49-45(3)41-42-48(6,7)51-44-43-47(4,5)50-8/h46H,9-44H2,1-8H3. The number of oxime groups is 1. The Morgan fingerprint density at radius 1 is 0.462 bits per heavy atom. The second kappa shape index (κ2) is 37.3. The van der Waals surface area contributed by atoms with E-state index in [1.165, 1.54) is 193 Å². The lowest BCUT2D eigenvalue weighted by Crippen LogP contribution is -2.30. The number of ether oxygens (including phenoxy) is 2. The topological polar surface area (TPSA) is 40.0 Å². The van der Waals surface area contributed by atoms with Gasteiger partial charge in [-0.05, 0) is 79.6 Å². The van der Waals surface area contributed by atoms with Crippen LogP contribution >= 0.6 is 0 Å². The SMILES string of the molecule is CCCCCCCCCCCCCCCCCC(CCCCCCCCCCCCCCCCC)ON=C(C)CCC(C)(C)OCCC(C)(C)OC. The van der Waals surface area contributed by atoms with E-state index >= 15 is 0 Å². The molecule has 4 heteroatoms. The fourth-order valence-electron chi connectivity index (χ4n) is 7.18. The third kappa shape index (κ3) is 37.7. The first-order chi connectivity index (χ1) is 25.2. The lowest BCUT2D eigenvalue weighted by molar-refractivity contribution is -0.0604. The van der Waals surface area contributed by atoms with Crippen LogP contribution in [0, 0.1) is 0 Å². The van der Waals surface area contributed by atoms with Crippen molar-refractivity contribution in [1.82, 2.24) is 0 Å². The van der Waals surface area contributed by atoms with E-state index in [-0.39, 0.29) is 17.3 Å². The van der Waals surface area contributed by atoms with Crippen LogP contribution in [0.25, 0.3) is 0 Å². The van der Waals surface area contributed by atoms with Crippen molar-refractivity contribution in [1.29, 1.82) is 0 Å². The highest BCUT2D eigenvalue weighted by Gasteiger charge is 2.22. The smallest absolute Gasteiger partial charge is 0.127 e. The molecule has 0 saturated heterocycles. The normalized spacial score (nSPS) is 12.8. The molecule has 0 aliphatic heterocycles. The maximum Gasteiger partial charge on any atom is 0.127 e. The van der Waals surface area contributed by atoms with Crippen molar-refractivity contribution in [3.8, 4) is 0 Å². The number of methoxy groups -OCH3 is 1. The van der Waals surface area contributed by atoms with Crippen LogP contribution in [0.1, 0.15) is 273 Å². The Kier molecular flexibility index (Phi) is 36.9. The lowest BCUT2D eigenvalue weighted by atomic mass is 10.00. The van der Waals surface area contributed by atoms with Crippen LogP contribution in [0.4, 0.5) is 0 Å². The van der Waals surface area contributed by atoms with Gasteiger partial charge in [0.1, 0.15) is 6.10 Å². The zero-order valence-corrected chi connectivity index (χ0v) is 37.2. The van der Waals surface area contributed by atoms with E-state index in [9.17, 15) is 0 Å². The average molecular weight is 736 g/mol. The van der Waals surface area contributed by atoms with E-state index in [2.05, 4.69) is 53.6 Å². The quantitative estimate of drug-likeness (QED) is 0.0356. The molecule has 0 rings (SSSR count). The van der Waals surface area contributed by atoms with Crippen molar-refractivity contribution in [2.75, 3.05) is 13.7 Å². The molecule has 0 heterocycles. The molecule has 52 heavy (non-hydrogen) atoms. The van der Waals surface area contributed by atoms with Gasteiger partial charge >= 0.3 is 0 Å². The van der Waals surface area contributed by atoms with Crippen molar-refractivity contribution in [2.24, 2.45) is 5.16 Å². The summed E-state index contributed by atoms with van der Waals surface area (Å²) in [6.45, 7) is 16.1. The van der Waals surface area contributed by atoms with Crippen LogP contribution in [0.5, 0.6) is 0 Å². The predicted molar refractivity (Wildman–Crippen MR) is 232 cm³/mol. The summed E-state index contributed by atoms with van der Waals surface area (Å²) in [6, 6.07) is 0. The van der Waals surface area contributed by atoms with Gasteiger partial charge in [-0.2, -0.15) is 0 Å². The fraction of sp³-hybridized carbons (Fsp3) is 0.979. The van der Waals surface area contributed by atoms with Gasteiger partial charge in [0.2, 0.25) is 0 Å². The number of hydrogen-bond donors (Lipinski definition) is 0. The molecule has 0 fully saturated rings. The van der Waals surface area contributed by atoms with Gasteiger partial charge in [-0.15, -0.1) is 0 Å². The molecule has 0 N–H and O–H groups in total. The van der Waals surface area contributed by atoms with E-state index in [4.69, 9.17) is 14.3 Å². The molecule has 0 aromatic carbocycles. The van der Waals surface area contributed by atoms with Gasteiger partial charge in [0.05, 0.1) is 23.5 Å². The van der Waals surface area contributed by atoms with Crippen molar-refractivity contribution in [2.45, 2.75) is 291 Å². The summed E-state index contributed by atoms with van der Waals surface area (Å²) in [6.07, 6.45) is 47.6. The first kappa shape index (κ1) is 51.4.